The molecule has 7 heteroatoms. The van der Waals surface area contributed by atoms with Crippen molar-refractivity contribution in [3.63, 3.8) is 0 Å². The number of aryl methyl sites for hydroxylation is 2. The monoisotopic (exact) mass is 498 g/mol. The summed E-state index contributed by atoms with van der Waals surface area (Å²) in [6.07, 6.45) is 1.06. The lowest BCUT2D eigenvalue weighted by atomic mass is 10.2. The number of anilines is 1. The zero-order chi connectivity index (χ0) is 19.2. The van der Waals surface area contributed by atoms with Crippen LogP contribution in [-0.4, -0.2) is 38.7 Å². The van der Waals surface area contributed by atoms with Crippen LogP contribution in [0.3, 0.4) is 0 Å². The molecular formula is C21H31IN4O2. The fraction of sp³-hybridized carbons (Fsp3) is 0.476. The van der Waals surface area contributed by atoms with Crippen LogP contribution in [0, 0.1) is 13.8 Å². The second-order valence-corrected chi connectivity index (χ2v) is 6.88. The largest absolute Gasteiger partial charge is 0.495 e. The third-order valence-corrected chi connectivity index (χ3v) is 4.85. The van der Waals surface area contributed by atoms with Crippen LogP contribution >= 0.6 is 24.0 Å². The normalized spacial score (nSPS) is 16.6. The van der Waals surface area contributed by atoms with Gasteiger partial charge in [0.2, 0.25) is 0 Å². The van der Waals surface area contributed by atoms with E-state index >= 15 is 0 Å². The Morgan fingerprint density at radius 2 is 2.11 bits per heavy atom. The number of methoxy groups -OCH3 is 1. The Labute approximate surface area is 184 Å². The van der Waals surface area contributed by atoms with Crippen LogP contribution in [0.4, 0.5) is 5.69 Å². The molecule has 28 heavy (non-hydrogen) atoms. The number of hydrogen-bond acceptors (Lipinski definition) is 4. The van der Waals surface area contributed by atoms with Gasteiger partial charge in [0.1, 0.15) is 17.3 Å². The maximum absolute atomic E-state index is 5.60. The quantitative estimate of drug-likeness (QED) is 0.360. The Kier molecular flexibility index (Phi) is 8.47. The van der Waals surface area contributed by atoms with Crippen LogP contribution in [0.15, 0.2) is 39.7 Å². The lowest BCUT2D eigenvalue weighted by Crippen LogP contribution is -2.44. The SMILES string of the molecule is CCNC(=NCc1cc(C)oc1C)NC1CCN(c2ccccc2OC)C1.I. The van der Waals surface area contributed by atoms with Gasteiger partial charge in [0.15, 0.2) is 5.96 Å². The van der Waals surface area contributed by atoms with Crippen molar-refractivity contribution in [2.24, 2.45) is 4.99 Å². The molecule has 0 saturated carbocycles. The number of rotatable bonds is 6. The van der Waals surface area contributed by atoms with Crippen LogP contribution in [0.1, 0.15) is 30.4 Å². The van der Waals surface area contributed by atoms with Crippen molar-refractivity contribution in [3.8, 4) is 5.75 Å². The second-order valence-electron chi connectivity index (χ2n) is 6.88. The summed E-state index contributed by atoms with van der Waals surface area (Å²) in [5.74, 6) is 3.64. The van der Waals surface area contributed by atoms with Gasteiger partial charge in [-0.15, -0.1) is 24.0 Å². The first-order valence-electron chi connectivity index (χ1n) is 9.59. The lowest BCUT2D eigenvalue weighted by Gasteiger charge is -2.22. The number of benzene rings is 1. The molecule has 1 aromatic heterocycles. The molecule has 1 atom stereocenters. The highest BCUT2D eigenvalue weighted by Gasteiger charge is 2.25. The first kappa shape index (κ1) is 22.4. The minimum atomic E-state index is 0. The summed E-state index contributed by atoms with van der Waals surface area (Å²) in [7, 11) is 1.72. The standard InChI is InChI=1S/C21H30N4O2.HI/c1-5-22-21(23-13-17-12-15(2)27-16(17)3)24-18-10-11-25(14-18)19-8-6-7-9-20(19)26-4;/h6-9,12,18H,5,10-11,13-14H2,1-4H3,(H2,22,23,24);1H. The molecule has 0 amide bonds. The number of nitrogens with zero attached hydrogens (tertiary/aromatic N) is 2. The maximum atomic E-state index is 5.60. The van der Waals surface area contributed by atoms with Gasteiger partial charge in [-0.1, -0.05) is 12.1 Å². The van der Waals surface area contributed by atoms with Gasteiger partial charge in [-0.3, -0.25) is 0 Å². The molecule has 0 spiro atoms. The summed E-state index contributed by atoms with van der Waals surface area (Å²) in [5, 5.41) is 6.92. The van der Waals surface area contributed by atoms with Crippen molar-refractivity contribution >= 4 is 35.6 Å². The summed E-state index contributed by atoms with van der Waals surface area (Å²) in [6, 6.07) is 10.6. The molecule has 3 rings (SSSR count). The van der Waals surface area contributed by atoms with Crippen LogP contribution in [-0.2, 0) is 6.54 Å². The predicted molar refractivity (Wildman–Crippen MR) is 125 cm³/mol. The Morgan fingerprint density at radius 3 is 2.79 bits per heavy atom. The van der Waals surface area contributed by atoms with Gasteiger partial charge in [-0.25, -0.2) is 4.99 Å². The first-order valence-corrected chi connectivity index (χ1v) is 9.59. The van der Waals surface area contributed by atoms with E-state index in [0.717, 1.165) is 60.5 Å². The van der Waals surface area contributed by atoms with Crippen LogP contribution in [0.25, 0.3) is 0 Å². The van der Waals surface area contributed by atoms with E-state index in [1.807, 2.05) is 26.0 Å². The highest BCUT2D eigenvalue weighted by molar-refractivity contribution is 14.0. The fourth-order valence-corrected chi connectivity index (χ4v) is 3.51. The molecule has 1 aliphatic heterocycles. The van der Waals surface area contributed by atoms with E-state index in [2.05, 4.69) is 40.7 Å². The van der Waals surface area contributed by atoms with Gasteiger partial charge >= 0.3 is 0 Å². The second kappa shape index (κ2) is 10.6. The molecular weight excluding hydrogens is 467 g/mol. The third-order valence-electron chi connectivity index (χ3n) is 4.85. The maximum Gasteiger partial charge on any atom is 0.191 e. The molecule has 1 aliphatic rings. The number of guanidine groups is 1. The Balaban J connectivity index is 0.00000280. The number of hydrogen-bond donors (Lipinski definition) is 2. The molecule has 2 aromatic rings. The molecule has 0 bridgehead atoms. The van der Waals surface area contributed by atoms with E-state index < -0.39 is 0 Å². The van der Waals surface area contributed by atoms with Crippen molar-refractivity contribution in [1.82, 2.24) is 10.6 Å². The van der Waals surface area contributed by atoms with Gasteiger partial charge in [-0.2, -0.15) is 0 Å². The molecule has 1 saturated heterocycles. The topological polar surface area (TPSA) is 62.0 Å². The molecule has 1 unspecified atom stereocenters. The number of nitrogens with one attached hydrogen (secondary N) is 2. The van der Waals surface area contributed by atoms with Gasteiger partial charge in [-0.05, 0) is 45.4 Å². The number of halogens is 1. The Morgan fingerprint density at radius 1 is 1.32 bits per heavy atom. The highest BCUT2D eigenvalue weighted by Crippen LogP contribution is 2.30. The van der Waals surface area contributed by atoms with Gasteiger partial charge in [0.25, 0.3) is 0 Å². The number of aliphatic imine (C=N–C) groups is 1. The number of furan rings is 1. The average molecular weight is 498 g/mol. The van der Waals surface area contributed by atoms with Crippen molar-refractivity contribution in [1.29, 1.82) is 0 Å². The Hall–Kier alpha value is -1.90. The minimum absolute atomic E-state index is 0. The van der Waals surface area contributed by atoms with E-state index in [9.17, 15) is 0 Å². The highest BCUT2D eigenvalue weighted by atomic mass is 127. The fourth-order valence-electron chi connectivity index (χ4n) is 3.51. The van der Waals surface area contributed by atoms with E-state index in [1.54, 1.807) is 7.11 Å². The summed E-state index contributed by atoms with van der Waals surface area (Å²) in [5.41, 5.74) is 2.28. The Bertz CT molecular complexity index is 790. The van der Waals surface area contributed by atoms with Crippen LogP contribution in [0.5, 0.6) is 5.75 Å². The van der Waals surface area contributed by atoms with Crippen molar-refractivity contribution in [2.45, 2.75) is 39.8 Å². The van der Waals surface area contributed by atoms with Gasteiger partial charge in [0, 0.05) is 31.2 Å². The van der Waals surface area contributed by atoms with E-state index in [1.165, 1.54) is 0 Å². The van der Waals surface area contributed by atoms with Gasteiger partial charge in [0.05, 0.1) is 19.3 Å². The molecule has 1 aromatic carbocycles. The molecule has 154 valence electrons. The molecule has 2 heterocycles. The lowest BCUT2D eigenvalue weighted by molar-refractivity contribution is 0.415. The molecule has 0 aliphatic carbocycles. The summed E-state index contributed by atoms with van der Waals surface area (Å²) >= 11 is 0. The van der Waals surface area contributed by atoms with Crippen molar-refractivity contribution < 1.29 is 9.15 Å². The van der Waals surface area contributed by atoms with Crippen LogP contribution in [0.2, 0.25) is 0 Å². The van der Waals surface area contributed by atoms with E-state index in [4.69, 9.17) is 14.1 Å². The molecule has 1 fully saturated rings. The van der Waals surface area contributed by atoms with Crippen molar-refractivity contribution in [3.05, 3.63) is 47.4 Å². The number of ether oxygens (including phenoxy) is 1. The minimum Gasteiger partial charge on any atom is -0.495 e. The predicted octanol–water partition coefficient (Wildman–Crippen LogP) is 3.86. The average Bonchev–Trinajstić information content (AvgIpc) is 3.25. The summed E-state index contributed by atoms with van der Waals surface area (Å²) < 4.78 is 11.1. The summed E-state index contributed by atoms with van der Waals surface area (Å²) in [6.45, 7) is 9.40. The third kappa shape index (κ3) is 5.56. The van der Waals surface area contributed by atoms with Crippen LogP contribution < -0.4 is 20.3 Å². The smallest absolute Gasteiger partial charge is 0.191 e. The zero-order valence-corrected chi connectivity index (χ0v) is 19.4. The summed E-state index contributed by atoms with van der Waals surface area (Å²) in [4.78, 5) is 7.11. The molecule has 6 nitrogen and oxygen atoms in total. The molecule has 2 N–H and O–H groups in total. The first-order chi connectivity index (χ1) is 13.1. The molecule has 0 radical (unpaired) electrons. The van der Waals surface area contributed by atoms with Gasteiger partial charge < -0.3 is 24.7 Å². The zero-order valence-electron chi connectivity index (χ0n) is 17.1. The number of para-hydroxylation sites is 2. The van der Waals surface area contributed by atoms with E-state index in [0.29, 0.717) is 12.6 Å². The van der Waals surface area contributed by atoms with Crippen molar-refractivity contribution in [2.75, 3.05) is 31.6 Å². The van der Waals surface area contributed by atoms with E-state index in [-0.39, 0.29) is 24.0 Å².